The van der Waals surface area contributed by atoms with Crippen molar-refractivity contribution in [2.75, 3.05) is 13.1 Å². The standard InChI is InChI=1S/C15H26N4/c1-4-5-13-9-19(15(8-17-13)12(2)3)10-14-6-7-16-11-18-14/h6-7,11-13,15,17H,4-5,8-10H2,1-3H3. The molecule has 1 saturated heterocycles. The maximum Gasteiger partial charge on any atom is 0.115 e. The van der Waals surface area contributed by atoms with Crippen molar-refractivity contribution in [1.29, 1.82) is 0 Å². The van der Waals surface area contributed by atoms with Crippen molar-refractivity contribution >= 4 is 0 Å². The van der Waals surface area contributed by atoms with Gasteiger partial charge in [-0.15, -0.1) is 0 Å². The predicted octanol–water partition coefficient (Wildman–Crippen LogP) is 2.08. The Balaban J connectivity index is 2.03. The minimum absolute atomic E-state index is 0.600. The summed E-state index contributed by atoms with van der Waals surface area (Å²) < 4.78 is 0. The van der Waals surface area contributed by atoms with Gasteiger partial charge in [0, 0.05) is 37.9 Å². The third kappa shape index (κ3) is 3.98. The summed E-state index contributed by atoms with van der Waals surface area (Å²) in [6.07, 6.45) is 5.97. The van der Waals surface area contributed by atoms with Crippen molar-refractivity contribution in [3.8, 4) is 0 Å². The lowest BCUT2D eigenvalue weighted by molar-refractivity contribution is 0.0872. The quantitative estimate of drug-likeness (QED) is 0.882. The summed E-state index contributed by atoms with van der Waals surface area (Å²) in [7, 11) is 0. The zero-order chi connectivity index (χ0) is 13.7. The highest BCUT2D eigenvalue weighted by Gasteiger charge is 2.29. The molecular formula is C15H26N4. The molecule has 0 bridgehead atoms. The fourth-order valence-corrected chi connectivity index (χ4v) is 2.90. The number of hydrogen-bond donors (Lipinski definition) is 1. The van der Waals surface area contributed by atoms with E-state index in [1.165, 1.54) is 12.8 Å². The van der Waals surface area contributed by atoms with Gasteiger partial charge in [-0.1, -0.05) is 27.2 Å². The molecule has 1 aliphatic rings. The van der Waals surface area contributed by atoms with Crippen LogP contribution in [0.25, 0.3) is 0 Å². The molecule has 0 aliphatic carbocycles. The molecular weight excluding hydrogens is 236 g/mol. The lowest BCUT2D eigenvalue weighted by Gasteiger charge is -2.42. The maximum absolute atomic E-state index is 4.36. The highest BCUT2D eigenvalue weighted by molar-refractivity contribution is 5.00. The van der Waals surface area contributed by atoms with E-state index < -0.39 is 0 Å². The summed E-state index contributed by atoms with van der Waals surface area (Å²) >= 11 is 0. The van der Waals surface area contributed by atoms with Gasteiger partial charge in [0.1, 0.15) is 6.33 Å². The number of nitrogens with one attached hydrogen (secondary N) is 1. The molecule has 0 radical (unpaired) electrons. The summed E-state index contributed by atoms with van der Waals surface area (Å²) in [5.74, 6) is 0.664. The van der Waals surface area contributed by atoms with Gasteiger partial charge in [0.25, 0.3) is 0 Å². The molecule has 1 aromatic rings. The van der Waals surface area contributed by atoms with Crippen molar-refractivity contribution < 1.29 is 0 Å². The van der Waals surface area contributed by atoms with Crippen LogP contribution in [0, 0.1) is 5.92 Å². The summed E-state index contributed by atoms with van der Waals surface area (Å²) in [5.41, 5.74) is 1.12. The molecule has 2 heterocycles. The van der Waals surface area contributed by atoms with Gasteiger partial charge in [-0.2, -0.15) is 0 Å². The molecule has 1 aliphatic heterocycles. The van der Waals surface area contributed by atoms with Gasteiger partial charge in [-0.25, -0.2) is 9.97 Å². The number of hydrogen-bond acceptors (Lipinski definition) is 4. The second-order valence-electron chi connectivity index (χ2n) is 5.84. The lowest BCUT2D eigenvalue weighted by atomic mass is 9.97. The Hall–Kier alpha value is -1.00. The first-order chi connectivity index (χ1) is 9.20. The average Bonchev–Trinajstić information content (AvgIpc) is 2.40. The Morgan fingerprint density at radius 2 is 2.32 bits per heavy atom. The van der Waals surface area contributed by atoms with Crippen LogP contribution >= 0.6 is 0 Å². The Morgan fingerprint density at radius 3 is 2.95 bits per heavy atom. The Morgan fingerprint density at radius 1 is 1.47 bits per heavy atom. The summed E-state index contributed by atoms with van der Waals surface area (Å²) in [6, 6.07) is 3.25. The SMILES string of the molecule is CCCC1CN(Cc2ccncn2)C(C(C)C)CN1. The molecule has 1 N–H and O–H groups in total. The van der Waals surface area contributed by atoms with Crippen molar-refractivity contribution in [3.63, 3.8) is 0 Å². The van der Waals surface area contributed by atoms with Crippen molar-refractivity contribution in [2.24, 2.45) is 5.92 Å². The van der Waals surface area contributed by atoms with Crippen LogP contribution in [-0.4, -0.2) is 40.0 Å². The van der Waals surface area contributed by atoms with Crippen molar-refractivity contribution in [1.82, 2.24) is 20.2 Å². The van der Waals surface area contributed by atoms with E-state index in [9.17, 15) is 0 Å². The van der Waals surface area contributed by atoms with Gasteiger partial charge in [-0.05, 0) is 18.4 Å². The maximum atomic E-state index is 4.36. The number of rotatable bonds is 5. The first kappa shape index (κ1) is 14.4. The van der Waals surface area contributed by atoms with Crippen LogP contribution in [-0.2, 0) is 6.54 Å². The first-order valence-electron chi connectivity index (χ1n) is 7.43. The second-order valence-corrected chi connectivity index (χ2v) is 5.84. The molecule has 4 heteroatoms. The molecule has 19 heavy (non-hydrogen) atoms. The van der Waals surface area contributed by atoms with Gasteiger partial charge in [0.05, 0.1) is 5.69 Å². The topological polar surface area (TPSA) is 41.1 Å². The van der Waals surface area contributed by atoms with Gasteiger partial charge in [-0.3, -0.25) is 4.90 Å². The van der Waals surface area contributed by atoms with E-state index in [0.717, 1.165) is 25.3 Å². The van der Waals surface area contributed by atoms with Crippen LogP contribution in [0.2, 0.25) is 0 Å². The van der Waals surface area contributed by atoms with E-state index in [1.54, 1.807) is 6.33 Å². The van der Waals surface area contributed by atoms with E-state index in [-0.39, 0.29) is 0 Å². The first-order valence-corrected chi connectivity index (χ1v) is 7.43. The number of nitrogens with zero attached hydrogens (tertiary/aromatic N) is 3. The van der Waals surface area contributed by atoms with Crippen LogP contribution < -0.4 is 5.32 Å². The minimum Gasteiger partial charge on any atom is -0.311 e. The van der Waals surface area contributed by atoms with Crippen LogP contribution in [0.4, 0.5) is 0 Å². The second kappa shape index (κ2) is 6.96. The number of piperazine rings is 1. The van der Waals surface area contributed by atoms with Crippen LogP contribution in [0.15, 0.2) is 18.6 Å². The van der Waals surface area contributed by atoms with Crippen LogP contribution in [0.1, 0.15) is 39.3 Å². The normalized spacial score (nSPS) is 24.8. The minimum atomic E-state index is 0.600. The van der Waals surface area contributed by atoms with Gasteiger partial charge < -0.3 is 5.32 Å². The number of aromatic nitrogens is 2. The van der Waals surface area contributed by atoms with E-state index in [1.807, 2.05) is 12.3 Å². The van der Waals surface area contributed by atoms with Gasteiger partial charge in [0.15, 0.2) is 0 Å². The predicted molar refractivity (Wildman–Crippen MR) is 77.8 cm³/mol. The molecule has 1 aromatic heterocycles. The monoisotopic (exact) mass is 262 g/mol. The fraction of sp³-hybridized carbons (Fsp3) is 0.733. The highest BCUT2D eigenvalue weighted by atomic mass is 15.2. The largest absolute Gasteiger partial charge is 0.311 e. The molecule has 0 spiro atoms. The van der Waals surface area contributed by atoms with E-state index in [2.05, 4.69) is 41.0 Å². The van der Waals surface area contributed by atoms with E-state index in [0.29, 0.717) is 18.0 Å². The highest BCUT2D eigenvalue weighted by Crippen LogP contribution is 2.19. The molecule has 2 rings (SSSR count). The fourth-order valence-electron chi connectivity index (χ4n) is 2.90. The Bertz CT molecular complexity index is 366. The third-order valence-corrected chi connectivity index (χ3v) is 3.95. The van der Waals surface area contributed by atoms with Crippen LogP contribution in [0.3, 0.4) is 0 Å². The molecule has 2 atom stereocenters. The molecule has 0 amide bonds. The third-order valence-electron chi connectivity index (χ3n) is 3.95. The molecule has 0 saturated carbocycles. The molecule has 106 valence electrons. The average molecular weight is 262 g/mol. The molecule has 4 nitrogen and oxygen atoms in total. The van der Waals surface area contributed by atoms with E-state index >= 15 is 0 Å². The van der Waals surface area contributed by atoms with Gasteiger partial charge in [0.2, 0.25) is 0 Å². The van der Waals surface area contributed by atoms with Crippen molar-refractivity contribution in [2.45, 2.75) is 52.2 Å². The van der Waals surface area contributed by atoms with E-state index in [4.69, 9.17) is 0 Å². The summed E-state index contributed by atoms with van der Waals surface area (Å²) in [5, 5.41) is 3.69. The van der Waals surface area contributed by atoms with Gasteiger partial charge >= 0.3 is 0 Å². The summed E-state index contributed by atoms with van der Waals surface area (Å²) in [6.45, 7) is 10.0. The molecule has 1 fully saturated rings. The molecule has 0 aromatic carbocycles. The van der Waals surface area contributed by atoms with Crippen molar-refractivity contribution in [3.05, 3.63) is 24.3 Å². The Labute approximate surface area is 116 Å². The van der Waals surface area contributed by atoms with Crippen LogP contribution in [0.5, 0.6) is 0 Å². The zero-order valence-electron chi connectivity index (χ0n) is 12.3. The molecule has 2 unspecified atom stereocenters. The Kier molecular flexibility index (Phi) is 5.28. The lowest BCUT2D eigenvalue weighted by Crippen LogP contribution is -2.57. The smallest absolute Gasteiger partial charge is 0.115 e. The summed E-state index contributed by atoms with van der Waals surface area (Å²) in [4.78, 5) is 10.9. The zero-order valence-corrected chi connectivity index (χ0v) is 12.3.